The Hall–Kier alpha value is -1.60. The second-order valence-electron chi connectivity index (χ2n) is 3.98. The van der Waals surface area contributed by atoms with Gasteiger partial charge in [-0.2, -0.15) is 0 Å². The van der Waals surface area contributed by atoms with Gasteiger partial charge in [0.1, 0.15) is 11.6 Å². The Kier molecular flexibility index (Phi) is 4.39. The first-order valence-corrected chi connectivity index (χ1v) is 6.12. The van der Waals surface area contributed by atoms with Crippen LogP contribution in [0.25, 0.3) is 0 Å². The number of anilines is 1. The predicted molar refractivity (Wildman–Crippen MR) is 70.0 cm³/mol. The molecule has 0 unspecified atom stereocenters. The van der Waals surface area contributed by atoms with Crippen molar-refractivity contribution in [2.45, 2.75) is 0 Å². The third-order valence-electron chi connectivity index (χ3n) is 2.67. The molecule has 19 heavy (non-hydrogen) atoms. The Morgan fingerprint density at radius 1 is 1.32 bits per heavy atom. The van der Waals surface area contributed by atoms with Crippen molar-refractivity contribution < 1.29 is 18.3 Å². The van der Waals surface area contributed by atoms with Crippen molar-refractivity contribution in [3.63, 3.8) is 0 Å². The molecule has 0 atom stereocenters. The van der Waals surface area contributed by atoms with Crippen molar-refractivity contribution in [2.75, 3.05) is 31.6 Å². The highest BCUT2D eigenvalue weighted by Gasteiger charge is 2.20. The summed E-state index contributed by atoms with van der Waals surface area (Å²) >= 11 is 5.03. The molecule has 1 amide bonds. The molecule has 102 valence electrons. The monoisotopic (exact) mass is 286 g/mol. The summed E-state index contributed by atoms with van der Waals surface area (Å²) in [6.07, 6.45) is 0. The van der Waals surface area contributed by atoms with Gasteiger partial charge in [0.25, 0.3) is 5.91 Å². The van der Waals surface area contributed by atoms with E-state index in [9.17, 15) is 13.6 Å². The van der Waals surface area contributed by atoms with E-state index in [1.165, 1.54) is 0 Å². The first kappa shape index (κ1) is 13.8. The van der Waals surface area contributed by atoms with Gasteiger partial charge >= 0.3 is 0 Å². The Bertz CT molecular complexity index is 505. The molecule has 0 aliphatic carbocycles. The molecule has 0 saturated carbocycles. The molecule has 0 spiro atoms. The van der Waals surface area contributed by atoms with Crippen LogP contribution in [-0.4, -0.2) is 42.1 Å². The zero-order valence-corrected chi connectivity index (χ0v) is 10.8. The second kappa shape index (κ2) is 6.03. The first-order valence-electron chi connectivity index (χ1n) is 5.71. The van der Waals surface area contributed by atoms with Gasteiger partial charge < -0.3 is 15.0 Å². The fourth-order valence-electron chi connectivity index (χ4n) is 1.68. The minimum atomic E-state index is -0.835. The maximum absolute atomic E-state index is 13.4. The average molecular weight is 286 g/mol. The summed E-state index contributed by atoms with van der Waals surface area (Å²) in [5.74, 6) is -2.12. The highest BCUT2D eigenvalue weighted by atomic mass is 32.1. The van der Waals surface area contributed by atoms with Crippen molar-refractivity contribution >= 4 is 28.8 Å². The summed E-state index contributed by atoms with van der Waals surface area (Å²) in [6, 6.07) is 2.92. The summed E-state index contributed by atoms with van der Waals surface area (Å²) in [6.45, 7) is 2.05. The van der Waals surface area contributed by atoms with Gasteiger partial charge in [0.05, 0.1) is 18.9 Å². The van der Waals surface area contributed by atoms with Crippen molar-refractivity contribution in [2.24, 2.45) is 0 Å². The molecule has 4 nitrogen and oxygen atoms in total. The summed E-state index contributed by atoms with van der Waals surface area (Å²) < 4.78 is 31.3. The standard InChI is InChI=1S/C12H12F2N2O2S/c13-8-1-2-10(9(14)7-8)15-11(17)12(19)16-3-5-18-6-4-16/h1-2,7H,3-6H2,(H,15,17). The number of hydrogen-bond acceptors (Lipinski definition) is 3. The minimum Gasteiger partial charge on any atom is -0.378 e. The molecule has 1 aromatic rings. The van der Waals surface area contributed by atoms with E-state index in [0.717, 1.165) is 12.1 Å². The van der Waals surface area contributed by atoms with Gasteiger partial charge in [0.15, 0.2) is 4.99 Å². The third-order valence-corrected chi connectivity index (χ3v) is 3.12. The number of nitrogens with one attached hydrogen (secondary N) is 1. The zero-order valence-electron chi connectivity index (χ0n) is 9.99. The lowest BCUT2D eigenvalue weighted by atomic mass is 10.3. The van der Waals surface area contributed by atoms with Crippen LogP contribution in [0.2, 0.25) is 0 Å². The van der Waals surface area contributed by atoms with E-state index in [1.54, 1.807) is 4.90 Å². The number of rotatable bonds is 1. The van der Waals surface area contributed by atoms with Crippen molar-refractivity contribution in [1.82, 2.24) is 4.90 Å². The topological polar surface area (TPSA) is 41.6 Å². The molecule has 1 heterocycles. The molecular formula is C12H12F2N2O2S. The number of nitrogens with zero attached hydrogens (tertiary/aromatic N) is 1. The van der Waals surface area contributed by atoms with E-state index >= 15 is 0 Å². The fourth-order valence-corrected chi connectivity index (χ4v) is 1.91. The summed E-state index contributed by atoms with van der Waals surface area (Å²) in [7, 11) is 0. The molecule has 1 aromatic carbocycles. The number of thiocarbonyl (C=S) groups is 1. The molecular weight excluding hydrogens is 274 g/mol. The van der Waals surface area contributed by atoms with E-state index < -0.39 is 17.5 Å². The normalized spacial score (nSPS) is 15.2. The van der Waals surface area contributed by atoms with Crippen LogP contribution in [-0.2, 0) is 9.53 Å². The Balaban J connectivity index is 2.01. The maximum atomic E-state index is 13.4. The molecule has 1 aliphatic heterocycles. The van der Waals surface area contributed by atoms with Crippen molar-refractivity contribution in [3.05, 3.63) is 29.8 Å². The van der Waals surface area contributed by atoms with Crippen LogP contribution in [0.1, 0.15) is 0 Å². The second-order valence-corrected chi connectivity index (χ2v) is 4.37. The number of amides is 1. The van der Waals surface area contributed by atoms with Crippen LogP contribution in [0.5, 0.6) is 0 Å². The molecule has 2 rings (SSSR count). The van der Waals surface area contributed by atoms with Gasteiger partial charge in [-0.05, 0) is 12.1 Å². The van der Waals surface area contributed by atoms with Crippen LogP contribution in [0, 0.1) is 11.6 Å². The van der Waals surface area contributed by atoms with Gasteiger partial charge in [0, 0.05) is 19.2 Å². The third kappa shape index (κ3) is 3.45. The maximum Gasteiger partial charge on any atom is 0.283 e. The average Bonchev–Trinajstić information content (AvgIpc) is 2.42. The van der Waals surface area contributed by atoms with E-state index in [1.807, 2.05) is 0 Å². The van der Waals surface area contributed by atoms with Gasteiger partial charge in [0.2, 0.25) is 0 Å². The quantitative estimate of drug-likeness (QED) is 0.796. The number of ether oxygens (including phenoxy) is 1. The Labute approximate surface area is 114 Å². The van der Waals surface area contributed by atoms with E-state index in [-0.39, 0.29) is 10.7 Å². The SMILES string of the molecule is O=C(Nc1ccc(F)cc1F)C(=S)N1CCOCC1. The molecule has 1 fully saturated rings. The summed E-state index contributed by atoms with van der Waals surface area (Å²) in [5.41, 5.74) is -0.0954. The number of benzene rings is 1. The van der Waals surface area contributed by atoms with Crippen LogP contribution < -0.4 is 5.32 Å². The van der Waals surface area contributed by atoms with Gasteiger partial charge in [-0.15, -0.1) is 0 Å². The number of carbonyl (C=O) groups is 1. The van der Waals surface area contributed by atoms with Crippen LogP contribution in [0.15, 0.2) is 18.2 Å². The largest absolute Gasteiger partial charge is 0.378 e. The number of halogens is 2. The van der Waals surface area contributed by atoms with Gasteiger partial charge in [-0.3, -0.25) is 4.79 Å². The molecule has 1 aliphatic rings. The summed E-state index contributed by atoms with van der Waals surface area (Å²) in [4.78, 5) is 13.6. The smallest absolute Gasteiger partial charge is 0.283 e. The fraction of sp³-hybridized carbons (Fsp3) is 0.333. The molecule has 0 aromatic heterocycles. The number of morpholine rings is 1. The number of carbonyl (C=O) groups excluding carboxylic acids is 1. The van der Waals surface area contributed by atoms with Crippen LogP contribution >= 0.6 is 12.2 Å². The molecule has 7 heteroatoms. The van der Waals surface area contributed by atoms with Gasteiger partial charge in [-0.25, -0.2) is 8.78 Å². The zero-order chi connectivity index (χ0) is 13.8. The first-order chi connectivity index (χ1) is 9.08. The highest BCUT2D eigenvalue weighted by Crippen LogP contribution is 2.15. The van der Waals surface area contributed by atoms with Crippen molar-refractivity contribution in [3.8, 4) is 0 Å². The molecule has 1 saturated heterocycles. The lowest BCUT2D eigenvalue weighted by Gasteiger charge is -2.28. The Morgan fingerprint density at radius 2 is 2.00 bits per heavy atom. The van der Waals surface area contributed by atoms with E-state index in [2.05, 4.69) is 5.32 Å². The molecule has 0 radical (unpaired) electrons. The predicted octanol–water partition coefficient (Wildman–Crippen LogP) is 1.56. The Morgan fingerprint density at radius 3 is 2.63 bits per heavy atom. The molecule has 0 bridgehead atoms. The van der Waals surface area contributed by atoms with Crippen molar-refractivity contribution in [1.29, 1.82) is 0 Å². The van der Waals surface area contributed by atoms with E-state index in [0.29, 0.717) is 32.4 Å². The highest BCUT2D eigenvalue weighted by molar-refractivity contribution is 7.82. The number of hydrogen-bond donors (Lipinski definition) is 1. The molecule has 1 N–H and O–H groups in total. The summed E-state index contributed by atoms with van der Waals surface area (Å²) in [5, 5.41) is 2.33. The van der Waals surface area contributed by atoms with Crippen LogP contribution in [0.3, 0.4) is 0 Å². The van der Waals surface area contributed by atoms with Gasteiger partial charge in [-0.1, -0.05) is 12.2 Å². The minimum absolute atomic E-state index is 0.0759. The van der Waals surface area contributed by atoms with Crippen LogP contribution in [0.4, 0.5) is 14.5 Å². The lowest BCUT2D eigenvalue weighted by molar-refractivity contribution is -0.111. The van der Waals surface area contributed by atoms with E-state index in [4.69, 9.17) is 17.0 Å². The lowest BCUT2D eigenvalue weighted by Crippen LogP contribution is -2.44.